The van der Waals surface area contributed by atoms with Crippen molar-refractivity contribution in [3.63, 3.8) is 0 Å². The highest BCUT2D eigenvalue weighted by Crippen LogP contribution is 2.36. The normalized spacial score (nSPS) is 12.8. The van der Waals surface area contributed by atoms with Gasteiger partial charge in [0.2, 0.25) is 0 Å². The van der Waals surface area contributed by atoms with Gasteiger partial charge in [0.05, 0.1) is 16.1 Å². The SMILES string of the molecule is Cc1c(C(N)c2cccc(Cl)c2Cl)oc2ccc(F)cc12. The molecule has 3 aromatic rings. The van der Waals surface area contributed by atoms with Crippen LogP contribution in [-0.2, 0) is 0 Å². The Kier molecular flexibility index (Phi) is 3.66. The topological polar surface area (TPSA) is 39.2 Å². The minimum absolute atomic E-state index is 0.313. The van der Waals surface area contributed by atoms with Gasteiger partial charge in [-0.05, 0) is 36.8 Å². The third-order valence-corrected chi connectivity index (χ3v) is 4.37. The second-order valence-corrected chi connectivity index (χ2v) is 5.64. The Labute approximate surface area is 131 Å². The predicted octanol–water partition coefficient (Wildman–Crippen LogP) is 5.24. The molecule has 0 fully saturated rings. The molecule has 1 heterocycles. The van der Waals surface area contributed by atoms with Gasteiger partial charge in [0, 0.05) is 10.9 Å². The van der Waals surface area contributed by atoms with E-state index in [1.54, 1.807) is 24.3 Å². The first-order valence-electron chi connectivity index (χ1n) is 6.37. The molecule has 0 saturated heterocycles. The van der Waals surface area contributed by atoms with Crippen molar-refractivity contribution in [2.24, 2.45) is 5.73 Å². The number of fused-ring (bicyclic) bond motifs is 1. The molecule has 0 aliphatic rings. The molecule has 0 saturated carbocycles. The fourth-order valence-electron chi connectivity index (χ4n) is 2.41. The summed E-state index contributed by atoms with van der Waals surface area (Å²) < 4.78 is 19.1. The molecule has 1 aromatic heterocycles. The van der Waals surface area contributed by atoms with Crippen molar-refractivity contribution < 1.29 is 8.81 Å². The second-order valence-electron chi connectivity index (χ2n) is 4.85. The number of hydrogen-bond acceptors (Lipinski definition) is 2. The molecular formula is C16H12Cl2FNO. The van der Waals surface area contributed by atoms with E-state index in [-0.39, 0.29) is 5.82 Å². The van der Waals surface area contributed by atoms with Crippen LogP contribution in [0.3, 0.4) is 0 Å². The van der Waals surface area contributed by atoms with Crippen LogP contribution in [0, 0.1) is 12.7 Å². The maximum Gasteiger partial charge on any atom is 0.134 e. The molecule has 3 rings (SSSR count). The van der Waals surface area contributed by atoms with Crippen LogP contribution < -0.4 is 5.73 Å². The zero-order chi connectivity index (χ0) is 15.1. The molecule has 0 aliphatic carbocycles. The third kappa shape index (κ3) is 2.42. The highest BCUT2D eigenvalue weighted by atomic mass is 35.5. The fourth-order valence-corrected chi connectivity index (χ4v) is 2.84. The number of benzene rings is 2. The summed E-state index contributed by atoms with van der Waals surface area (Å²) >= 11 is 12.2. The van der Waals surface area contributed by atoms with E-state index < -0.39 is 6.04 Å². The minimum Gasteiger partial charge on any atom is -0.459 e. The Morgan fingerprint density at radius 3 is 2.71 bits per heavy atom. The van der Waals surface area contributed by atoms with Gasteiger partial charge in [0.1, 0.15) is 17.2 Å². The average Bonchev–Trinajstić information content (AvgIpc) is 2.78. The summed E-state index contributed by atoms with van der Waals surface area (Å²) in [5.74, 6) is 0.243. The van der Waals surface area contributed by atoms with Crippen molar-refractivity contribution in [3.8, 4) is 0 Å². The van der Waals surface area contributed by atoms with E-state index in [0.29, 0.717) is 32.3 Å². The van der Waals surface area contributed by atoms with E-state index in [9.17, 15) is 4.39 Å². The van der Waals surface area contributed by atoms with Gasteiger partial charge < -0.3 is 10.2 Å². The van der Waals surface area contributed by atoms with Crippen molar-refractivity contribution in [3.05, 3.63) is 69.1 Å². The van der Waals surface area contributed by atoms with E-state index in [2.05, 4.69) is 0 Å². The summed E-state index contributed by atoms with van der Waals surface area (Å²) in [4.78, 5) is 0. The van der Waals surface area contributed by atoms with Crippen molar-refractivity contribution in [1.82, 2.24) is 0 Å². The van der Waals surface area contributed by atoms with Crippen molar-refractivity contribution in [2.45, 2.75) is 13.0 Å². The van der Waals surface area contributed by atoms with Crippen LogP contribution in [0.15, 0.2) is 40.8 Å². The molecule has 0 amide bonds. The monoisotopic (exact) mass is 323 g/mol. The lowest BCUT2D eigenvalue weighted by Crippen LogP contribution is -2.12. The number of hydrogen-bond donors (Lipinski definition) is 1. The molecule has 2 nitrogen and oxygen atoms in total. The maximum absolute atomic E-state index is 13.4. The Morgan fingerprint density at radius 2 is 1.95 bits per heavy atom. The molecular weight excluding hydrogens is 312 g/mol. The van der Waals surface area contributed by atoms with E-state index in [0.717, 1.165) is 5.56 Å². The number of furan rings is 1. The molecule has 108 valence electrons. The van der Waals surface area contributed by atoms with Gasteiger partial charge in [0.25, 0.3) is 0 Å². The van der Waals surface area contributed by atoms with Crippen LogP contribution in [0.1, 0.15) is 22.9 Å². The predicted molar refractivity (Wildman–Crippen MR) is 83.4 cm³/mol. The summed E-state index contributed by atoms with van der Waals surface area (Å²) in [6, 6.07) is 9.09. The van der Waals surface area contributed by atoms with Gasteiger partial charge >= 0.3 is 0 Å². The van der Waals surface area contributed by atoms with Crippen molar-refractivity contribution in [1.29, 1.82) is 0 Å². The molecule has 1 unspecified atom stereocenters. The average molecular weight is 324 g/mol. The van der Waals surface area contributed by atoms with Gasteiger partial charge in [-0.15, -0.1) is 0 Å². The summed E-state index contributed by atoms with van der Waals surface area (Å²) in [5, 5.41) is 1.54. The summed E-state index contributed by atoms with van der Waals surface area (Å²) in [6.45, 7) is 1.85. The first-order chi connectivity index (χ1) is 9.99. The van der Waals surface area contributed by atoms with Gasteiger partial charge in [-0.2, -0.15) is 0 Å². The first kappa shape index (κ1) is 14.4. The molecule has 0 radical (unpaired) electrons. The van der Waals surface area contributed by atoms with Crippen LogP contribution in [0.2, 0.25) is 10.0 Å². The molecule has 2 aromatic carbocycles. The van der Waals surface area contributed by atoms with Crippen LogP contribution in [0.25, 0.3) is 11.0 Å². The van der Waals surface area contributed by atoms with Crippen LogP contribution in [-0.4, -0.2) is 0 Å². The molecule has 5 heteroatoms. The molecule has 21 heavy (non-hydrogen) atoms. The van der Waals surface area contributed by atoms with Gasteiger partial charge in [-0.1, -0.05) is 35.3 Å². The van der Waals surface area contributed by atoms with E-state index in [1.165, 1.54) is 12.1 Å². The molecule has 0 aliphatic heterocycles. The van der Waals surface area contributed by atoms with Crippen LogP contribution in [0.4, 0.5) is 4.39 Å². The molecule has 1 atom stereocenters. The summed E-state index contributed by atoms with van der Waals surface area (Å²) in [6.07, 6.45) is 0. The lowest BCUT2D eigenvalue weighted by Gasteiger charge is -2.13. The maximum atomic E-state index is 13.4. The van der Waals surface area contributed by atoms with E-state index in [4.69, 9.17) is 33.4 Å². The van der Waals surface area contributed by atoms with Crippen molar-refractivity contribution >= 4 is 34.2 Å². The smallest absolute Gasteiger partial charge is 0.134 e. The fraction of sp³-hybridized carbons (Fsp3) is 0.125. The Hall–Kier alpha value is -1.55. The van der Waals surface area contributed by atoms with Gasteiger partial charge in [-0.25, -0.2) is 4.39 Å². The summed E-state index contributed by atoms with van der Waals surface area (Å²) in [7, 11) is 0. The molecule has 0 spiro atoms. The number of nitrogens with two attached hydrogens (primary N) is 1. The van der Waals surface area contributed by atoms with Gasteiger partial charge in [-0.3, -0.25) is 0 Å². The first-order valence-corrected chi connectivity index (χ1v) is 7.12. The number of aryl methyl sites for hydroxylation is 1. The Balaban J connectivity index is 2.15. The lowest BCUT2D eigenvalue weighted by molar-refractivity contribution is 0.520. The zero-order valence-corrected chi connectivity index (χ0v) is 12.7. The van der Waals surface area contributed by atoms with Crippen LogP contribution >= 0.6 is 23.2 Å². The standard InChI is InChI=1S/C16H12Cl2FNO/c1-8-11-7-9(19)5-6-13(11)21-16(8)15(20)10-3-2-4-12(17)14(10)18/h2-7,15H,20H2,1H3. The quantitative estimate of drug-likeness (QED) is 0.700. The largest absolute Gasteiger partial charge is 0.459 e. The lowest BCUT2D eigenvalue weighted by atomic mass is 10.0. The van der Waals surface area contributed by atoms with E-state index >= 15 is 0 Å². The highest BCUT2D eigenvalue weighted by Gasteiger charge is 2.21. The Morgan fingerprint density at radius 1 is 1.19 bits per heavy atom. The van der Waals surface area contributed by atoms with Crippen LogP contribution in [0.5, 0.6) is 0 Å². The third-order valence-electron chi connectivity index (χ3n) is 3.53. The Bertz CT molecular complexity index is 829. The minimum atomic E-state index is -0.563. The van der Waals surface area contributed by atoms with Gasteiger partial charge in [0.15, 0.2) is 0 Å². The molecule has 0 bridgehead atoms. The highest BCUT2D eigenvalue weighted by molar-refractivity contribution is 6.42. The number of halogens is 3. The summed E-state index contributed by atoms with van der Waals surface area (Å²) in [5.41, 5.74) is 8.33. The zero-order valence-electron chi connectivity index (χ0n) is 11.2. The number of rotatable bonds is 2. The molecule has 2 N–H and O–H groups in total. The second kappa shape index (κ2) is 5.34. The van der Waals surface area contributed by atoms with Crippen molar-refractivity contribution in [2.75, 3.05) is 0 Å². The van der Waals surface area contributed by atoms with E-state index in [1.807, 2.05) is 6.92 Å².